The molecule has 10 heteroatoms. The van der Waals surface area contributed by atoms with Crippen LogP contribution in [0.25, 0.3) is 22.2 Å². The monoisotopic (exact) mass is 566 g/mol. The number of carbonyl (C=O) groups is 3. The van der Waals surface area contributed by atoms with Gasteiger partial charge in [-0.3, -0.25) is 24.4 Å². The van der Waals surface area contributed by atoms with Crippen LogP contribution < -0.4 is 10.1 Å². The van der Waals surface area contributed by atoms with Gasteiger partial charge in [0.1, 0.15) is 28.9 Å². The minimum Gasteiger partial charge on any atom is -0.494 e. The minimum atomic E-state index is -0.724. The molecule has 3 aromatic heterocycles. The standard InChI is InChI=1S/C32H34N6O4/c1-32(2,3)28(36-29(39)25-14-19-8-5-6-9-23(19)35-25)31(41)38-18-21-15-22(38)17-37(21)30(40)24-12-11-20(16-34-24)27-26(42-4)10-7-13-33-27/h5-14,16,21-22,28,35H,15,17-18H2,1-4H3,(H,36,39)/t21?,22?,28-/m1/s1. The van der Waals surface area contributed by atoms with Gasteiger partial charge in [-0.25, -0.2) is 0 Å². The molecule has 10 nitrogen and oxygen atoms in total. The average Bonchev–Trinajstić information content (AvgIpc) is 3.73. The van der Waals surface area contributed by atoms with Gasteiger partial charge in [-0.1, -0.05) is 39.0 Å². The van der Waals surface area contributed by atoms with E-state index in [1.54, 1.807) is 37.7 Å². The van der Waals surface area contributed by atoms with Gasteiger partial charge in [-0.05, 0) is 48.2 Å². The number of pyridine rings is 2. The van der Waals surface area contributed by atoms with E-state index >= 15 is 0 Å². The molecule has 2 bridgehead atoms. The van der Waals surface area contributed by atoms with Crippen LogP contribution in [0, 0.1) is 5.41 Å². The van der Waals surface area contributed by atoms with Crippen molar-refractivity contribution in [2.24, 2.45) is 5.41 Å². The van der Waals surface area contributed by atoms with E-state index in [1.807, 2.05) is 67.0 Å². The van der Waals surface area contributed by atoms with Gasteiger partial charge in [-0.2, -0.15) is 0 Å². The molecule has 2 aliphatic heterocycles. The summed E-state index contributed by atoms with van der Waals surface area (Å²) in [5, 5.41) is 3.92. The molecular formula is C32H34N6O4. The number of nitrogens with zero attached hydrogens (tertiary/aromatic N) is 4. The van der Waals surface area contributed by atoms with Crippen molar-refractivity contribution in [2.45, 2.75) is 45.3 Å². The lowest BCUT2D eigenvalue weighted by Gasteiger charge is -2.39. The maximum Gasteiger partial charge on any atom is 0.272 e. The van der Waals surface area contributed by atoms with Crippen LogP contribution in [0.3, 0.4) is 0 Å². The highest BCUT2D eigenvalue weighted by atomic mass is 16.5. The molecule has 3 atom stereocenters. The van der Waals surface area contributed by atoms with Crippen LogP contribution in [0.5, 0.6) is 5.75 Å². The maximum absolute atomic E-state index is 13.9. The Bertz CT molecular complexity index is 1620. The van der Waals surface area contributed by atoms with E-state index in [0.29, 0.717) is 42.3 Å². The Morgan fingerprint density at radius 3 is 2.43 bits per heavy atom. The second-order valence-electron chi connectivity index (χ2n) is 12.0. The fourth-order valence-corrected chi connectivity index (χ4v) is 5.98. The Morgan fingerprint density at radius 2 is 1.76 bits per heavy atom. The number of H-pyrrole nitrogens is 1. The molecule has 4 aromatic rings. The molecule has 3 amide bonds. The molecule has 6 rings (SSSR count). The van der Waals surface area contributed by atoms with Gasteiger partial charge in [-0.15, -0.1) is 0 Å². The maximum atomic E-state index is 13.9. The number of carbonyl (C=O) groups excluding carboxylic acids is 3. The highest BCUT2D eigenvalue weighted by Crippen LogP contribution is 2.34. The summed E-state index contributed by atoms with van der Waals surface area (Å²) >= 11 is 0. The fourth-order valence-electron chi connectivity index (χ4n) is 5.98. The van der Waals surface area contributed by atoms with Gasteiger partial charge in [0.05, 0.1) is 19.2 Å². The molecule has 0 radical (unpaired) electrons. The lowest BCUT2D eigenvalue weighted by atomic mass is 9.85. The van der Waals surface area contributed by atoms with Gasteiger partial charge < -0.3 is 24.8 Å². The quantitative estimate of drug-likeness (QED) is 0.365. The predicted octanol–water partition coefficient (Wildman–Crippen LogP) is 3.90. The summed E-state index contributed by atoms with van der Waals surface area (Å²) in [7, 11) is 1.59. The summed E-state index contributed by atoms with van der Waals surface area (Å²) in [4.78, 5) is 56.1. The first kappa shape index (κ1) is 27.4. The lowest BCUT2D eigenvalue weighted by molar-refractivity contribution is -0.138. The van der Waals surface area contributed by atoms with E-state index in [-0.39, 0.29) is 29.8 Å². The zero-order chi connectivity index (χ0) is 29.6. The fraction of sp³-hybridized carbons (Fsp3) is 0.344. The number of fused-ring (bicyclic) bond motifs is 3. The molecule has 216 valence electrons. The zero-order valence-electron chi connectivity index (χ0n) is 24.1. The number of hydrogen-bond acceptors (Lipinski definition) is 6. The summed E-state index contributed by atoms with van der Waals surface area (Å²) in [6, 6.07) is 15.7. The number of amides is 3. The van der Waals surface area contributed by atoms with Gasteiger partial charge in [0.25, 0.3) is 11.8 Å². The van der Waals surface area contributed by atoms with Crippen molar-refractivity contribution >= 4 is 28.6 Å². The second kappa shape index (κ2) is 10.6. The van der Waals surface area contributed by atoms with Crippen LogP contribution in [-0.2, 0) is 4.79 Å². The molecule has 2 unspecified atom stereocenters. The molecule has 2 aliphatic rings. The molecule has 0 spiro atoms. The Kier molecular flexibility index (Phi) is 6.92. The van der Waals surface area contributed by atoms with Crippen LogP contribution in [0.4, 0.5) is 0 Å². The van der Waals surface area contributed by atoms with E-state index in [0.717, 1.165) is 16.5 Å². The van der Waals surface area contributed by atoms with Crippen molar-refractivity contribution in [1.82, 2.24) is 30.1 Å². The third-order valence-corrected chi connectivity index (χ3v) is 8.19. The average molecular weight is 567 g/mol. The minimum absolute atomic E-state index is 0.103. The highest BCUT2D eigenvalue weighted by molar-refractivity contribution is 6.00. The third kappa shape index (κ3) is 4.97. The first-order valence-electron chi connectivity index (χ1n) is 14.1. The zero-order valence-corrected chi connectivity index (χ0v) is 24.1. The van der Waals surface area contributed by atoms with E-state index in [1.165, 1.54) is 0 Å². The predicted molar refractivity (Wildman–Crippen MR) is 158 cm³/mol. The smallest absolute Gasteiger partial charge is 0.272 e. The first-order chi connectivity index (χ1) is 20.1. The number of para-hydroxylation sites is 1. The van der Waals surface area contributed by atoms with Gasteiger partial charge in [0, 0.05) is 41.9 Å². The van der Waals surface area contributed by atoms with Crippen molar-refractivity contribution in [2.75, 3.05) is 20.2 Å². The number of benzene rings is 1. The van der Waals surface area contributed by atoms with Crippen LogP contribution in [0.1, 0.15) is 48.2 Å². The second-order valence-corrected chi connectivity index (χ2v) is 12.0. The van der Waals surface area contributed by atoms with Gasteiger partial charge in [0.15, 0.2) is 0 Å². The largest absolute Gasteiger partial charge is 0.494 e. The summed E-state index contributed by atoms with van der Waals surface area (Å²) < 4.78 is 5.39. The van der Waals surface area contributed by atoms with E-state index < -0.39 is 11.5 Å². The molecule has 42 heavy (non-hydrogen) atoms. The van der Waals surface area contributed by atoms with Crippen molar-refractivity contribution in [3.63, 3.8) is 0 Å². The topological polar surface area (TPSA) is 121 Å². The number of rotatable bonds is 6. The number of likely N-dealkylation sites (tertiary alicyclic amines) is 2. The number of aromatic nitrogens is 3. The number of piperazine rings is 1. The number of hydrogen-bond donors (Lipinski definition) is 2. The van der Waals surface area contributed by atoms with Gasteiger partial charge >= 0.3 is 0 Å². The molecule has 0 saturated carbocycles. The summed E-state index contributed by atoms with van der Waals surface area (Å²) in [5.41, 5.74) is 2.52. The van der Waals surface area contributed by atoms with Crippen LogP contribution in [0.2, 0.25) is 0 Å². The van der Waals surface area contributed by atoms with Crippen LogP contribution in [-0.4, -0.2) is 80.8 Å². The van der Waals surface area contributed by atoms with Crippen molar-refractivity contribution in [1.29, 1.82) is 0 Å². The molecule has 2 N–H and O–H groups in total. The molecule has 1 aromatic carbocycles. The Balaban J connectivity index is 1.13. The van der Waals surface area contributed by atoms with Crippen LogP contribution >= 0.6 is 0 Å². The SMILES string of the molecule is COc1cccnc1-c1ccc(C(=O)N2CC3CC2CN3C(=O)[C@@H](NC(=O)c2cc3ccccc3[nH]2)C(C)(C)C)nc1. The van der Waals surface area contributed by atoms with Crippen molar-refractivity contribution in [3.05, 3.63) is 78.4 Å². The molecule has 0 aliphatic carbocycles. The van der Waals surface area contributed by atoms with Crippen molar-refractivity contribution < 1.29 is 19.1 Å². The van der Waals surface area contributed by atoms with E-state index in [9.17, 15) is 14.4 Å². The number of methoxy groups -OCH3 is 1. The summed E-state index contributed by atoms with van der Waals surface area (Å²) in [6.07, 6.45) is 4.02. The Labute approximate surface area is 244 Å². The number of ether oxygens (including phenoxy) is 1. The lowest BCUT2D eigenvalue weighted by Crippen LogP contribution is -2.59. The first-order valence-corrected chi connectivity index (χ1v) is 14.1. The third-order valence-electron chi connectivity index (χ3n) is 8.19. The van der Waals surface area contributed by atoms with E-state index in [2.05, 4.69) is 20.3 Å². The molecule has 2 fully saturated rings. The number of nitrogens with one attached hydrogen (secondary N) is 2. The molecular weight excluding hydrogens is 532 g/mol. The highest BCUT2D eigenvalue weighted by Gasteiger charge is 2.50. The summed E-state index contributed by atoms with van der Waals surface area (Å²) in [6.45, 7) is 6.69. The molecule has 5 heterocycles. The Morgan fingerprint density at radius 1 is 1.00 bits per heavy atom. The normalized spacial score (nSPS) is 18.8. The Hall–Kier alpha value is -4.73. The van der Waals surface area contributed by atoms with Crippen LogP contribution in [0.15, 0.2) is 67.0 Å². The molecule has 2 saturated heterocycles. The van der Waals surface area contributed by atoms with Crippen molar-refractivity contribution in [3.8, 4) is 17.0 Å². The summed E-state index contributed by atoms with van der Waals surface area (Å²) in [5.74, 6) is 0.0245. The number of aromatic amines is 1. The van der Waals surface area contributed by atoms with E-state index in [4.69, 9.17) is 4.74 Å². The van der Waals surface area contributed by atoms with Gasteiger partial charge in [0.2, 0.25) is 5.91 Å².